The molecule has 2 heterocycles. The number of fused-ring (bicyclic) bond motifs is 1. The zero-order valence-electron chi connectivity index (χ0n) is 54.6. The molecule has 0 saturated heterocycles. The molecule has 1 aliphatic heterocycles. The van der Waals surface area contributed by atoms with Crippen molar-refractivity contribution >= 4 is 116 Å². The number of benzene rings is 5. The first-order valence-electron chi connectivity index (χ1n) is 29.7. The maximum atomic E-state index is 12.8. The maximum absolute atomic E-state index is 12.8. The summed E-state index contributed by atoms with van der Waals surface area (Å²) < 4.78 is 141. The van der Waals surface area contributed by atoms with Gasteiger partial charge in [-0.3, -0.25) is 33.9 Å². The Morgan fingerprint density at radius 1 is 0.910 bits per heavy atom. The summed E-state index contributed by atoms with van der Waals surface area (Å²) in [5, 5.41) is 22.6. The number of rotatable bonds is 22. The number of methoxy groups -OCH3 is 1. The van der Waals surface area contributed by atoms with Gasteiger partial charge in [0, 0.05) is 49.8 Å². The number of carbonyl (C=O) groups excluding carboxylic acids is 5. The fourth-order valence-electron chi connectivity index (χ4n) is 9.15. The summed E-state index contributed by atoms with van der Waals surface area (Å²) in [7, 11) is -5.51. The molecule has 1 fully saturated rings. The lowest BCUT2D eigenvalue weighted by molar-refractivity contribution is -0.385. The van der Waals surface area contributed by atoms with E-state index in [0.29, 0.717) is 42.9 Å². The van der Waals surface area contributed by atoms with Crippen molar-refractivity contribution in [2.24, 2.45) is 5.73 Å². The van der Waals surface area contributed by atoms with Gasteiger partial charge >= 0.3 is 30.3 Å². The number of nitrogens with zero attached hydrogens (tertiary/aromatic N) is 4. The maximum Gasteiger partial charge on any atom is 0.416 e. The second-order valence-electron chi connectivity index (χ2n) is 22.0. The van der Waals surface area contributed by atoms with E-state index in [9.17, 15) is 78.2 Å². The number of ether oxygens (including phenoxy) is 5. The van der Waals surface area contributed by atoms with Crippen LogP contribution in [-0.4, -0.2) is 145 Å². The standard InChI is InChI=1S/C18H13ClF3NO7.C15H22ClNO2.C15H12F3NO4S.C11H11Cl2NO2.C5H12NO4P/c1-2-28-16(24)9-29-17(25)12-8-11(4-5-14(12)23(26)27)30-15-6-3-10(7-13(15)19)18(20,21)22;1-5-13-8-6-7-11(2)15(13)17(14(18)9-16)12(3)10-19-4;1-24(21,22)12-6-9(15(16,17)18)4-5-10(12)13(20)11-7-19-23-14(11)8-2-3-8;1-7-6-16-9-5-3-2-4-8(9)14(7)11(15)10(12)13;1-11(9,10)3-2-4(6)5(7)8/h3-8H,2,9H2,1H3;6-8,12H,5,9-10H2,1-4H3;4-8H,2-3H2,1H3;2-5,7,10H,6H2,1H3;4H,2-3,6H2,1H3,(H,7,8)(H,9,10). The summed E-state index contributed by atoms with van der Waals surface area (Å²) >= 11 is 22.8. The number of ketones is 1. The van der Waals surface area contributed by atoms with Gasteiger partial charge in [0.05, 0.1) is 74.4 Å². The zero-order chi connectivity index (χ0) is 75.4. The molecule has 36 heteroatoms. The number of aryl methyl sites for hydroxylation is 2. The second kappa shape index (κ2) is 37.7. The van der Waals surface area contributed by atoms with Crippen molar-refractivity contribution in [3.05, 3.63) is 163 Å². The third-order valence-corrected chi connectivity index (χ3v) is 17.2. The van der Waals surface area contributed by atoms with Crippen molar-refractivity contribution in [3.63, 3.8) is 0 Å². The van der Waals surface area contributed by atoms with E-state index in [1.165, 1.54) is 19.8 Å². The zero-order valence-corrected chi connectivity index (χ0v) is 59.3. The van der Waals surface area contributed by atoms with Crippen LogP contribution in [0.2, 0.25) is 5.02 Å². The Morgan fingerprint density at radius 3 is 2.08 bits per heavy atom. The molecule has 2 aliphatic rings. The molecule has 6 aromatic rings. The SMILES string of the molecule is CC1COc2ccccc2N1C(=O)C(Cl)Cl.CCOC(=O)COC(=O)c1cc(Oc2ccc(C(F)(F)F)cc2Cl)ccc1[N+](=O)[O-].CCc1cccc(C)c1N(C(=O)CCl)C(C)COC.CP(=O)(O)CCC(N)C(=O)O.CS(=O)(=O)c1cc(C(F)(F)F)ccc1C(=O)c1cnoc1C1CC1. The molecule has 1 aromatic heterocycles. The van der Waals surface area contributed by atoms with Crippen LogP contribution in [0.3, 0.4) is 0 Å². The highest BCUT2D eigenvalue weighted by Gasteiger charge is 2.38. The van der Waals surface area contributed by atoms with Crippen LogP contribution in [0.4, 0.5) is 43.4 Å². The fraction of sp³-hybridized carbons (Fsp3) is 0.391. The number of hydrogen-bond donors (Lipinski definition) is 3. The number of hydrogen-bond acceptors (Lipinski definition) is 19. The number of carbonyl (C=O) groups is 6. The van der Waals surface area contributed by atoms with Crippen LogP contribution in [0.1, 0.15) is 107 Å². The van der Waals surface area contributed by atoms with Gasteiger partial charge in [0.1, 0.15) is 41.3 Å². The summed E-state index contributed by atoms with van der Waals surface area (Å²) in [5.74, 6) is -3.56. The Kier molecular flexibility index (Phi) is 31.9. The van der Waals surface area contributed by atoms with Gasteiger partial charge in [0.25, 0.3) is 11.6 Å². The Hall–Kier alpha value is -7.87. The van der Waals surface area contributed by atoms with Crippen molar-refractivity contribution in [2.75, 3.05) is 68.3 Å². The highest BCUT2D eigenvalue weighted by molar-refractivity contribution is 7.90. The molecule has 546 valence electrons. The van der Waals surface area contributed by atoms with Gasteiger partial charge in [-0.05, 0) is 119 Å². The number of esters is 2. The minimum Gasteiger partial charge on any atom is -0.489 e. The first-order valence-corrected chi connectivity index (χ1v) is 35.7. The Labute approximate surface area is 590 Å². The summed E-state index contributed by atoms with van der Waals surface area (Å²) in [4.78, 5) is 91.0. The van der Waals surface area contributed by atoms with Crippen LogP contribution in [-0.2, 0) is 66.6 Å². The molecule has 4 N–H and O–H groups in total. The van der Waals surface area contributed by atoms with Gasteiger partial charge in [0.2, 0.25) is 5.91 Å². The molecule has 8 rings (SSSR count). The Balaban J connectivity index is 0.000000275. The van der Waals surface area contributed by atoms with Gasteiger partial charge in [-0.2, -0.15) is 26.3 Å². The normalized spacial score (nSPS) is 14.5. The van der Waals surface area contributed by atoms with E-state index in [1.807, 2.05) is 57.2 Å². The molecule has 1 aliphatic carbocycles. The monoisotopic (exact) mass is 1530 g/mol. The van der Waals surface area contributed by atoms with Gasteiger partial charge in [-0.1, -0.05) is 77.2 Å². The van der Waals surface area contributed by atoms with Crippen molar-refractivity contribution < 1.29 is 111 Å². The third kappa shape index (κ3) is 25.0. The van der Waals surface area contributed by atoms with Gasteiger partial charge < -0.3 is 53.7 Å². The quantitative estimate of drug-likeness (QED) is 0.0108. The smallest absolute Gasteiger partial charge is 0.416 e. The summed E-state index contributed by atoms with van der Waals surface area (Å²) in [6.45, 7) is 10.9. The molecule has 1 saturated carbocycles. The van der Waals surface area contributed by atoms with Crippen LogP contribution >= 0.6 is 53.8 Å². The molecule has 0 radical (unpaired) electrons. The lowest BCUT2D eigenvalue weighted by Gasteiger charge is -2.35. The van der Waals surface area contributed by atoms with E-state index in [0.717, 1.165) is 84.4 Å². The van der Waals surface area contributed by atoms with Crippen LogP contribution in [0.25, 0.3) is 0 Å². The van der Waals surface area contributed by atoms with Crippen molar-refractivity contribution in [2.45, 2.75) is 106 Å². The predicted octanol–water partition coefficient (Wildman–Crippen LogP) is 13.4. The van der Waals surface area contributed by atoms with Crippen molar-refractivity contribution in [1.82, 2.24) is 5.16 Å². The van der Waals surface area contributed by atoms with Crippen LogP contribution in [0.15, 0.2) is 113 Å². The van der Waals surface area contributed by atoms with E-state index < -0.39 is 103 Å². The van der Waals surface area contributed by atoms with E-state index in [1.54, 1.807) is 16.9 Å². The molecule has 4 unspecified atom stereocenters. The molecule has 24 nitrogen and oxygen atoms in total. The number of carboxylic acids is 1. The number of anilines is 2. The number of nitro benzene ring substituents is 1. The number of nitro groups is 1. The molecule has 2 amide bonds. The van der Waals surface area contributed by atoms with Gasteiger partial charge in [-0.15, -0.1) is 11.6 Å². The molecule has 0 spiro atoms. The Morgan fingerprint density at radius 2 is 1.54 bits per heavy atom. The number of aromatic nitrogens is 1. The first kappa shape index (κ1) is 84.5. The first-order chi connectivity index (χ1) is 46.6. The predicted molar refractivity (Wildman–Crippen MR) is 358 cm³/mol. The van der Waals surface area contributed by atoms with E-state index in [-0.39, 0.29) is 82.5 Å². The van der Waals surface area contributed by atoms with E-state index in [2.05, 4.69) is 22.9 Å². The van der Waals surface area contributed by atoms with Crippen molar-refractivity contribution in [1.29, 1.82) is 0 Å². The minimum absolute atomic E-state index is 0.0223. The number of carboxylic acid groups (broad SMARTS) is 1. The average molecular weight is 1530 g/mol. The second-order valence-corrected chi connectivity index (χ2v) is 28.3. The molecule has 100 heavy (non-hydrogen) atoms. The average Bonchev–Trinajstić information content (AvgIpc) is 1.42. The summed E-state index contributed by atoms with van der Waals surface area (Å²) in [6, 6.07) is 19.7. The molecule has 5 aromatic carbocycles. The number of alkyl halides is 9. The highest BCUT2D eigenvalue weighted by Crippen LogP contribution is 2.43. The van der Waals surface area contributed by atoms with Crippen LogP contribution in [0, 0.1) is 17.0 Å². The minimum atomic E-state index is -4.71. The fourth-order valence-corrected chi connectivity index (χ4v) is 11.4. The van der Waals surface area contributed by atoms with Gasteiger partial charge in [0.15, 0.2) is 40.2 Å². The largest absolute Gasteiger partial charge is 0.489 e. The molecular weight excluding hydrogens is 1460 g/mol. The number of aliphatic carboxylic acids is 1. The third-order valence-electron chi connectivity index (χ3n) is 14.1. The number of para-hydroxylation sites is 3. The van der Waals surface area contributed by atoms with E-state index >= 15 is 0 Å². The molecule has 4 atom stereocenters. The number of sulfone groups is 1. The number of nitrogens with two attached hydrogens (primary N) is 1. The number of halogens is 10. The van der Waals surface area contributed by atoms with Crippen molar-refractivity contribution in [3.8, 4) is 17.2 Å². The molecule has 0 bridgehead atoms. The summed E-state index contributed by atoms with van der Waals surface area (Å²) in [6.07, 6.45) is -4.87. The number of amides is 2. The topological polar surface area (TPSA) is 342 Å². The van der Waals surface area contributed by atoms with Crippen LogP contribution < -0.4 is 25.0 Å². The van der Waals surface area contributed by atoms with E-state index in [4.69, 9.17) is 85.6 Å². The lowest BCUT2D eigenvalue weighted by Crippen LogP contribution is -2.47. The molecular formula is C64H70Cl4F6N5O19PS. The highest BCUT2D eigenvalue weighted by atomic mass is 35.5. The van der Waals surface area contributed by atoms with Crippen LogP contribution in [0.5, 0.6) is 17.2 Å². The Bertz CT molecular complexity index is 4050. The summed E-state index contributed by atoms with van der Waals surface area (Å²) in [5.41, 5.74) is 5.49. The van der Waals surface area contributed by atoms with Gasteiger partial charge in [-0.25, -0.2) is 18.0 Å². The lowest BCUT2D eigenvalue weighted by atomic mass is 10.0.